The Kier molecular flexibility index (Phi) is 2.85. The maximum atomic E-state index is 6.05. The molecule has 0 amide bonds. The molecule has 0 saturated heterocycles. The lowest BCUT2D eigenvalue weighted by atomic mass is 9.89. The van der Waals surface area contributed by atoms with Gasteiger partial charge in [-0.05, 0) is 68.1 Å². The second-order valence-corrected chi connectivity index (χ2v) is 6.01. The number of fused-ring (bicyclic) bond motifs is 2. The molecule has 3 unspecified atom stereocenters. The maximum absolute atomic E-state index is 6.05. The highest BCUT2D eigenvalue weighted by Gasteiger charge is 2.39. The number of hydrogen-bond donors (Lipinski definition) is 0. The summed E-state index contributed by atoms with van der Waals surface area (Å²) in [5.74, 6) is 3.90. The molecule has 2 aliphatic rings. The topological polar surface area (TPSA) is 9.23 Å². The highest BCUT2D eigenvalue weighted by Crippen LogP contribution is 2.48. The predicted octanol–water partition coefficient (Wildman–Crippen LogP) is 4.12. The van der Waals surface area contributed by atoms with Gasteiger partial charge in [0.1, 0.15) is 5.75 Å². The second kappa shape index (κ2) is 4.36. The van der Waals surface area contributed by atoms with Crippen molar-refractivity contribution in [3.63, 3.8) is 0 Å². The number of rotatable bonds is 3. The molecular formula is C16H22O. The molecule has 1 aromatic carbocycles. The summed E-state index contributed by atoms with van der Waals surface area (Å²) in [6.45, 7) is 5.20. The Morgan fingerprint density at radius 3 is 2.76 bits per heavy atom. The Morgan fingerprint density at radius 1 is 1.18 bits per heavy atom. The first-order valence-corrected chi connectivity index (χ1v) is 6.92. The quantitative estimate of drug-likeness (QED) is 0.759. The van der Waals surface area contributed by atoms with Crippen molar-refractivity contribution in [2.75, 3.05) is 6.61 Å². The largest absolute Gasteiger partial charge is 0.493 e. The lowest BCUT2D eigenvalue weighted by Crippen LogP contribution is -2.18. The summed E-state index contributed by atoms with van der Waals surface area (Å²) in [5, 5.41) is 0. The SMILES string of the molecule is Cc1ccc(C)c(OCC2CC3CCC2C3)c1. The zero-order valence-electron chi connectivity index (χ0n) is 10.9. The van der Waals surface area contributed by atoms with Gasteiger partial charge in [0.25, 0.3) is 0 Å². The van der Waals surface area contributed by atoms with Gasteiger partial charge in [0.2, 0.25) is 0 Å². The third-order valence-corrected chi connectivity index (χ3v) is 4.68. The Balaban J connectivity index is 1.62. The minimum atomic E-state index is 0.827. The first-order chi connectivity index (χ1) is 8.22. The van der Waals surface area contributed by atoms with Gasteiger partial charge in [-0.25, -0.2) is 0 Å². The number of ether oxygens (including phenoxy) is 1. The van der Waals surface area contributed by atoms with E-state index in [1.54, 1.807) is 0 Å². The highest BCUT2D eigenvalue weighted by molar-refractivity contribution is 5.35. The zero-order valence-corrected chi connectivity index (χ0v) is 10.9. The third-order valence-electron chi connectivity index (χ3n) is 4.68. The molecule has 0 aromatic heterocycles. The summed E-state index contributed by atoms with van der Waals surface area (Å²) in [4.78, 5) is 0. The first-order valence-electron chi connectivity index (χ1n) is 6.92. The molecule has 0 N–H and O–H groups in total. The van der Waals surface area contributed by atoms with Crippen molar-refractivity contribution >= 4 is 0 Å². The molecule has 1 aromatic rings. The van der Waals surface area contributed by atoms with Crippen LogP contribution < -0.4 is 4.74 Å². The van der Waals surface area contributed by atoms with Crippen molar-refractivity contribution in [1.82, 2.24) is 0 Å². The molecule has 0 heterocycles. The van der Waals surface area contributed by atoms with Crippen molar-refractivity contribution in [2.45, 2.75) is 39.5 Å². The molecule has 2 aliphatic carbocycles. The molecule has 2 fully saturated rings. The summed E-state index contributed by atoms with van der Waals surface area (Å²) in [5.41, 5.74) is 2.55. The van der Waals surface area contributed by atoms with Crippen LogP contribution in [0.15, 0.2) is 18.2 Å². The average molecular weight is 230 g/mol. The molecule has 3 atom stereocenters. The van der Waals surface area contributed by atoms with E-state index in [1.165, 1.54) is 36.8 Å². The fourth-order valence-electron chi connectivity index (χ4n) is 3.64. The molecule has 0 aliphatic heterocycles. The smallest absolute Gasteiger partial charge is 0.122 e. The van der Waals surface area contributed by atoms with Gasteiger partial charge in [-0.3, -0.25) is 0 Å². The highest BCUT2D eigenvalue weighted by atomic mass is 16.5. The summed E-state index contributed by atoms with van der Waals surface area (Å²) in [6, 6.07) is 6.48. The lowest BCUT2D eigenvalue weighted by molar-refractivity contribution is 0.194. The van der Waals surface area contributed by atoms with E-state index in [4.69, 9.17) is 4.74 Å². The van der Waals surface area contributed by atoms with Crippen LogP contribution in [0.1, 0.15) is 36.8 Å². The van der Waals surface area contributed by atoms with Crippen LogP contribution in [0.4, 0.5) is 0 Å². The monoisotopic (exact) mass is 230 g/mol. The molecule has 0 radical (unpaired) electrons. The van der Waals surface area contributed by atoms with Crippen LogP contribution in [0, 0.1) is 31.6 Å². The van der Waals surface area contributed by atoms with E-state index in [0.29, 0.717) is 0 Å². The van der Waals surface area contributed by atoms with E-state index in [9.17, 15) is 0 Å². The van der Waals surface area contributed by atoms with E-state index in [-0.39, 0.29) is 0 Å². The minimum absolute atomic E-state index is 0.827. The van der Waals surface area contributed by atoms with E-state index in [0.717, 1.165) is 30.1 Å². The van der Waals surface area contributed by atoms with Crippen LogP contribution >= 0.6 is 0 Å². The van der Waals surface area contributed by atoms with Crippen LogP contribution in [0.25, 0.3) is 0 Å². The molecular weight excluding hydrogens is 208 g/mol. The number of benzene rings is 1. The number of aryl methyl sites for hydroxylation is 2. The Labute approximate surface area is 104 Å². The lowest BCUT2D eigenvalue weighted by Gasteiger charge is -2.22. The second-order valence-electron chi connectivity index (χ2n) is 6.01. The van der Waals surface area contributed by atoms with Crippen LogP contribution in [0.5, 0.6) is 5.75 Å². The van der Waals surface area contributed by atoms with Crippen LogP contribution in [-0.2, 0) is 0 Å². The van der Waals surface area contributed by atoms with Crippen molar-refractivity contribution in [3.8, 4) is 5.75 Å². The summed E-state index contributed by atoms with van der Waals surface area (Å²) >= 11 is 0. The van der Waals surface area contributed by atoms with Crippen molar-refractivity contribution in [1.29, 1.82) is 0 Å². The van der Waals surface area contributed by atoms with Gasteiger partial charge in [-0.2, -0.15) is 0 Å². The Hall–Kier alpha value is -0.980. The van der Waals surface area contributed by atoms with E-state index >= 15 is 0 Å². The molecule has 0 spiro atoms. The molecule has 2 saturated carbocycles. The first kappa shape index (κ1) is 11.1. The normalized spacial score (nSPS) is 30.8. The molecule has 17 heavy (non-hydrogen) atoms. The van der Waals surface area contributed by atoms with Crippen molar-refractivity contribution in [2.24, 2.45) is 17.8 Å². The van der Waals surface area contributed by atoms with Gasteiger partial charge in [0, 0.05) is 0 Å². The van der Waals surface area contributed by atoms with Gasteiger partial charge in [0.15, 0.2) is 0 Å². The molecule has 2 bridgehead atoms. The summed E-state index contributed by atoms with van der Waals surface area (Å²) < 4.78 is 6.05. The summed E-state index contributed by atoms with van der Waals surface area (Å²) in [7, 11) is 0. The summed E-state index contributed by atoms with van der Waals surface area (Å²) in [6.07, 6.45) is 5.81. The van der Waals surface area contributed by atoms with Crippen molar-refractivity contribution in [3.05, 3.63) is 29.3 Å². The predicted molar refractivity (Wildman–Crippen MR) is 70.3 cm³/mol. The fourth-order valence-corrected chi connectivity index (χ4v) is 3.64. The molecule has 92 valence electrons. The molecule has 3 rings (SSSR count). The van der Waals surface area contributed by atoms with Crippen LogP contribution in [0.2, 0.25) is 0 Å². The van der Waals surface area contributed by atoms with Gasteiger partial charge < -0.3 is 4.74 Å². The van der Waals surface area contributed by atoms with E-state index in [2.05, 4.69) is 32.0 Å². The fraction of sp³-hybridized carbons (Fsp3) is 0.625. The van der Waals surface area contributed by atoms with Crippen LogP contribution in [0.3, 0.4) is 0 Å². The third kappa shape index (κ3) is 2.20. The number of hydrogen-bond acceptors (Lipinski definition) is 1. The van der Waals surface area contributed by atoms with E-state index < -0.39 is 0 Å². The standard InChI is InChI=1S/C16H22O/c1-11-3-4-12(2)16(7-11)17-10-15-9-13-5-6-14(15)8-13/h3-4,7,13-15H,5-6,8-10H2,1-2H3. The maximum Gasteiger partial charge on any atom is 0.122 e. The molecule has 1 heteroatoms. The van der Waals surface area contributed by atoms with Gasteiger partial charge in [-0.1, -0.05) is 18.6 Å². The Bertz CT molecular complexity index is 410. The van der Waals surface area contributed by atoms with E-state index in [1.807, 2.05) is 0 Å². The average Bonchev–Trinajstić information content (AvgIpc) is 2.92. The van der Waals surface area contributed by atoms with Crippen molar-refractivity contribution < 1.29 is 4.74 Å². The van der Waals surface area contributed by atoms with Gasteiger partial charge in [0.05, 0.1) is 6.61 Å². The Morgan fingerprint density at radius 2 is 2.06 bits per heavy atom. The zero-order chi connectivity index (χ0) is 11.8. The molecule has 1 nitrogen and oxygen atoms in total. The minimum Gasteiger partial charge on any atom is -0.493 e. The van der Waals surface area contributed by atoms with Gasteiger partial charge >= 0.3 is 0 Å². The van der Waals surface area contributed by atoms with Crippen LogP contribution in [-0.4, -0.2) is 6.61 Å². The van der Waals surface area contributed by atoms with Gasteiger partial charge in [-0.15, -0.1) is 0 Å².